The quantitative estimate of drug-likeness (QED) is 0.0740. The molecule has 0 unspecified atom stereocenters. The fourth-order valence-corrected chi connectivity index (χ4v) is 19.2. The van der Waals surface area contributed by atoms with Gasteiger partial charge < -0.3 is 0 Å². The summed E-state index contributed by atoms with van der Waals surface area (Å²) in [6.45, 7) is 0. The van der Waals surface area contributed by atoms with Crippen LogP contribution in [0.4, 0.5) is 0 Å². The van der Waals surface area contributed by atoms with E-state index in [9.17, 15) is 0 Å². The minimum atomic E-state index is 0.639. The second-order valence-electron chi connectivity index (χ2n) is 36.9. The normalized spacial score (nSPS) is 11.2. The van der Waals surface area contributed by atoms with E-state index < -0.39 is 0 Å². The van der Waals surface area contributed by atoms with Crippen LogP contribution in [0.25, 0.3) is 268 Å². The smallest absolute Gasteiger partial charge is 0.164 e. The van der Waals surface area contributed by atoms with E-state index in [0.717, 1.165) is 177 Å². The fourth-order valence-electron chi connectivity index (χ4n) is 19.2. The molecule has 0 aliphatic heterocycles. The molecule has 702 valence electrons. The highest BCUT2D eigenvalue weighted by atomic mass is 15.1. The van der Waals surface area contributed by atoms with E-state index in [1.54, 1.807) is 12.4 Å². The van der Waals surface area contributed by atoms with Gasteiger partial charge in [0.2, 0.25) is 0 Å². The van der Waals surface area contributed by atoms with Crippen LogP contribution >= 0.6 is 0 Å². The molecule has 0 atom stereocenters. The molecule has 0 aliphatic rings. The first-order chi connectivity index (χ1) is 74.2. The number of rotatable bonds is 18. The Morgan fingerprint density at radius 2 is 0.307 bits per heavy atom. The minimum Gasteiger partial charge on any atom is -0.264 e. The van der Waals surface area contributed by atoms with Gasteiger partial charge in [-0.2, -0.15) is 0 Å². The first-order valence-electron chi connectivity index (χ1n) is 49.8. The minimum absolute atomic E-state index is 0.639. The number of fused-ring (bicyclic) bond motifs is 6. The van der Waals surface area contributed by atoms with E-state index in [1.807, 2.05) is 195 Å². The fraction of sp³-hybridized carbons (Fsp3) is 0. The van der Waals surface area contributed by atoms with E-state index in [-0.39, 0.29) is 0 Å². The summed E-state index contributed by atoms with van der Waals surface area (Å²) in [5.74, 6) is 5.79. The van der Waals surface area contributed by atoms with Gasteiger partial charge in [0.25, 0.3) is 0 Å². The van der Waals surface area contributed by atoms with E-state index in [4.69, 9.17) is 54.8 Å². The lowest BCUT2D eigenvalue weighted by Crippen LogP contribution is -2.00. The van der Waals surface area contributed by atoms with Gasteiger partial charge in [-0.25, -0.2) is 44.9 Å². The maximum absolute atomic E-state index is 5.01. The van der Waals surface area contributed by atoms with Crippen molar-refractivity contribution in [3.05, 3.63) is 535 Å². The van der Waals surface area contributed by atoms with Gasteiger partial charge in [0, 0.05) is 115 Å². The molecule has 14 heteroatoms. The molecule has 14 nitrogen and oxygen atoms in total. The Labute approximate surface area is 866 Å². The second kappa shape index (κ2) is 41.1. The molecule has 0 fully saturated rings. The second-order valence-corrected chi connectivity index (χ2v) is 36.9. The van der Waals surface area contributed by atoms with Gasteiger partial charge in [-0.1, -0.05) is 382 Å². The van der Waals surface area contributed by atoms with Crippen LogP contribution in [0.2, 0.25) is 0 Å². The summed E-state index contributed by atoms with van der Waals surface area (Å²) in [5.41, 5.74) is 27.8. The number of hydrogen-bond donors (Lipinski definition) is 0. The summed E-state index contributed by atoms with van der Waals surface area (Å²) < 4.78 is 0. The molecule has 0 aliphatic carbocycles. The van der Waals surface area contributed by atoms with Crippen molar-refractivity contribution in [2.24, 2.45) is 0 Å². The van der Waals surface area contributed by atoms with Crippen molar-refractivity contribution in [3.8, 4) is 203 Å². The Bertz CT molecular complexity index is 8700. The lowest BCUT2D eigenvalue weighted by molar-refractivity contribution is 1.07. The Balaban J connectivity index is 0.000000116. The van der Waals surface area contributed by atoms with Crippen LogP contribution in [0.5, 0.6) is 0 Å². The Morgan fingerprint density at radius 3 is 0.573 bits per heavy atom. The highest BCUT2D eigenvalue weighted by Gasteiger charge is 2.21. The summed E-state index contributed by atoms with van der Waals surface area (Å²) >= 11 is 0. The predicted molar refractivity (Wildman–Crippen MR) is 611 cm³/mol. The van der Waals surface area contributed by atoms with Gasteiger partial charge in [-0.3, -0.25) is 24.9 Å². The third-order valence-corrected chi connectivity index (χ3v) is 27.2. The number of pyridine rings is 5. The molecular formula is C136H88N14. The third kappa shape index (κ3) is 19.7. The zero-order valence-corrected chi connectivity index (χ0v) is 81.1. The molecule has 27 aromatic rings. The van der Waals surface area contributed by atoms with Gasteiger partial charge in [0.15, 0.2) is 52.4 Å². The van der Waals surface area contributed by atoms with Crippen molar-refractivity contribution in [2.45, 2.75) is 0 Å². The zero-order chi connectivity index (χ0) is 99.8. The van der Waals surface area contributed by atoms with Gasteiger partial charge in [-0.15, -0.1) is 0 Å². The zero-order valence-electron chi connectivity index (χ0n) is 81.1. The van der Waals surface area contributed by atoms with E-state index in [2.05, 4.69) is 343 Å². The van der Waals surface area contributed by atoms with Crippen molar-refractivity contribution in [2.75, 3.05) is 0 Å². The lowest BCUT2D eigenvalue weighted by Gasteiger charge is -2.10. The van der Waals surface area contributed by atoms with Crippen LogP contribution in [-0.2, 0) is 0 Å². The molecule has 8 aromatic heterocycles. The molecule has 8 heterocycles. The van der Waals surface area contributed by atoms with Crippen LogP contribution in [0.3, 0.4) is 0 Å². The molecule has 150 heavy (non-hydrogen) atoms. The Hall–Kier alpha value is -20.5. The Kier molecular flexibility index (Phi) is 24.9. The average Bonchev–Trinajstić information content (AvgIpc) is 0.776. The van der Waals surface area contributed by atoms with Crippen molar-refractivity contribution in [3.63, 3.8) is 0 Å². The van der Waals surface area contributed by atoms with Crippen molar-refractivity contribution in [1.82, 2.24) is 69.8 Å². The first-order valence-corrected chi connectivity index (χ1v) is 49.8. The van der Waals surface area contributed by atoms with Gasteiger partial charge in [0.1, 0.15) is 0 Å². The number of benzene rings is 19. The summed E-state index contributed by atoms with van der Waals surface area (Å²) in [5, 5.41) is 13.9. The SMILES string of the molecule is c1ccc(-c2ccc(-c3nc(-c4ccccc4)nc(-c4ccc5cc6cc(-c7ccc(-c8ccccc8)nc7)ccc6cc5c4)n3)cc2)cc1.c1ccc(-c2ccc(-c3nc(-c4ccccc4)nc(-c4ccc5cc6cc(-c7ccc(-c8ccccn8)nc7)ccc6cc5c4)n3)cc2)cc1.c1ccc(-c2ccc(-c3nc(-c4ccccc4)nc(-c4ccc5cc6cc(-c7ccc(-c8cccnc8)nc7)ccc6cc5c4)n3)cc2)cc1. The number of nitrogens with zero attached hydrogens (tertiary/aromatic N) is 14. The molecule has 19 aromatic carbocycles. The molecular weight excluding hydrogens is 1830 g/mol. The highest BCUT2D eigenvalue weighted by molar-refractivity contribution is 6.04. The molecule has 0 bridgehead atoms. The molecule has 0 radical (unpaired) electrons. The maximum atomic E-state index is 5.01. The van der Waals surface area contributed by atoms with Gasteiger partial charge in [0.05, 0.1) is 22.8 Å². The van der Waals surface area contributed by atoms with Crippen LogP contribution < -0.4 is 0 Å². The maximum Gasteiger partial charge on any atom is 0.164 e. The van der Waals surface area contributed by atoms with E-state index in [0.29, 0.717) is 52.4 Å². The van der Waals surface area contributed by atoms with Crippen LogP contribution in [0.1, 0.15) is 0 Å². The summed E-state index contributed by atoms with van der Waals surface area (Å²) in [6.07, 6.45) is 11.2. The third-order valence-electron chi connectivity index (χ3n) is 27.2. The highest BCUT2D eigenvalue weighted by Crippen LogP contribution is 2.40. The summed E-state index contributed by atoms with van der Waals surface area (Å²) in [7, 11) is 0. The van der Waals surface area contributed by atoms with E-state index >= 15 is 0 Å². The molecule has 0 amide bonds. The van der Waals surface area contributed by atoms with Gasteiger partial charge >= 0.3 is 0 Å². The molecule has 0 N–H and O–H groups in total. The summed E-state index contributed by atoms with van der Waals surface area (Å²) in [4.78, 5) is 67.5. The lowest BCUT2D eigenvalue weighted by atomic mass is 9.98. The standard InChI is InChI=1S/C46H30N4.2C45H29N5/c1-4-10-31(11-5-1)32-16-18-35(19-17-32)45-48-44(34-14-8-3-9-15-34)49-46(50-45)39-23-22-38-27-41-26-36(20-21-37(41)28-42(38)29-39)40-24-25-43(47-30-40)33-12-6-2-7-13-33;1-3-9-30(10-4-1)31-14-16-33(17-15-31)44-48-43(32-11-5-2-6-12-32)49-45(50-44)37-21-20-36-26-39-25-34(18-19-35(39)27-40(36)28-37)38-22-23-42(47-29-38)41-13-7-8-24-46-41;1-3-8-30(9-4-1)31-13-15-33(16-14-31)44-48-43(32-10-5-2-6-11-32)49-45(50-44)37-20-19-36-25-40-24-34(17-18-35(40)26-41(36)27-37)38-21-22-42(47-29-38)39-12-7-23-46-28-39/h1-30H;2*1-29H. The Morgan fingerprint density at radius 1 is 0.100 bits per heavy atom. The van der Waals surface area contributed by atoms with Crippen molar-refractivity contribution in [1.29, 1.82) is 0 Å². The largest absolute Gasteiger partial charge is 0.264 e. The van der Waals surface area contributed by atoms with E-state index in [1.165, 1.54) is 38.2 Å². The number of aromatic nitrogens is 14. The molecule has 0 saturated heterocycles. The van der Waals surface area contributed by atoms with Crippen LogP contribution in [0.15, 0.2) is 535 Å². The molecule has 0 spiro atoms. The number of hydrogen-bond acceptors (Lipinski definition) is 14. The molecule has 0 saturated carbocycles. The van der Waals surface area contributed by atoms with Crippen LogP contribution in [0, 0.1) is 0 Å². The van der Waals surface area contributed by atoms with Gasteiger partial charge in [-0.05, 0) is 230 Å². The predicted octanol–water partition coefficient (Wildman–Crippen LogP) is 33.5. The average molecular weight is 1920 g/mol. The molecule has 27 rings (SSSR count). The topological polar surface area (TPSA) is 180 Å². The van der Waals surface area contributed by atoms with Crippen LogP contribution in [-0.4, -0.2) is 69.8 Å². The summed E-state index contributed by atoms with van der Waals surface area (Å²) in [6, 6.07) is 172. The monoisotopic (exact) mass is 1920 g/mol. The van der Waals surface area contributed by atoms with Crippen molar-refractivity contribution < 1.29 is 0 Å². The van der Waals surface area contributed by atoms with Crippen molar-refractivity contribution >= 4 is 64.6 Å². The first kappa shape index (κ1) is 90.8.